The number of halogens is 1. The van der Waals surface area contributed by atoms with Crippen LogP contribution in [0, 0.1) is 3.57 Å². The van der Waals surface area contributed by atoms with Crippen molar-refractivity contribution in [1.82, 2.24) is 0 Å². The monoisotopic (exact) mass is 368 g/mol. The second kappa shape index (κ2) is 5.48. The molecule has 0 aliphatic carbocycles. The molecule has 98 valence electrons. The Morgan fingerprint density at radius 2 is 1.95 bits per heavy atom. The molecule has 0 aliphatic rings. The van der Waals surface area contributed by atoms with E-state index in [0.717, 1.165) is 0 Å². The third kappa shape index (κ3) is 2.81. The number of hydrogen-bond acceptors (Lipinski definition) is 3. The molecule has 0 spiro atoms. The smallest absolute Gasteiger partial charge is 0.258 e. The predicted molar refractivity (Wildman–Crippen MR) is 84.4 cm³/mol. The van der Waals surface area contributed by atoms with Gasteiger partial charge >= 0.3 is 0 Å². The van der Waals surface area contributed by atoms with E-state index in [4.69, 9.17) is 5.73 Å². The quantitative estimate of drug-likeness (QED) is 0.633. The number of amides is 1. The van der Waals surface area contributed by atoms with E-state index in [1.54, 1.807) is 31.3 Å². The minimum atomic E-state index is -0.218. The third-order valence-corrected chi connectivity index (χ3v) is 3.71. The Labute approximate surface area is 125 Å². The zero-order chi connectivity index (χ0) is 14.0. The van der Waals surface area contributed by atoms with E-state index in [1.807, 2.05) is 34.7 Å². The van der Waals surface area contributed by atoms with Crippen molar-refractivity contribution in [3.63, 3.8) is 0 Å². The van der Waals surface area contributed by atoms with Crippen LogP contribution in [0.1, 0.15) is 10.4 Å². The lowest BCUT2D eigenvalue weighted by Gasteiger charge is -2.19. The van der Waals surface area contributed by atoms with Gasteiger partial charge in [0.05, 0.1) is 14.9 Å². The molecule has 2 rings (SSSR count). The normalized spacial score (nSPS) is 10.2. The summed E-state index contributed by atoms with van der Waals surface area (Å²) >= 11 is 2.00. The maximum atomic E-state index is 12.3. The number of rotatable bonds is 2. The molecule has 0 aliphatic heterocycles. The number of hydrogen-bond donors (Lipinski definition) is 2. The average molecular weight is 368 g/mol. The number of carbonyl (C=O) groups is 1. The summed E-state index contributed by atoms with van der Waals surface area (Å²) in [4.78, 5) is 13.8. The Bertz CT molecular complexity index is 629. The Hall–Kier alpha value is -1.76. The number of nitrogens with zero attached hydrogens (tertiary/aromatic N) is 1. The van der Waals surface area contributed by atoms with Crippen molar-refractivity contribution in [2.75, 3.05) is 17.7 Å². The highest BCUT2D eigenvalue weighted by atomic mass is 127. The predicted octanol–water partition coefficient (Wildman–Crippen LogP) is 2.86. The van der Waals surface area contributed by atoms with E-state index in [2.05, 4.69) is 0 Å². The Morgan fingerprint density at radius 3 is 2.58 bits per heavy atom. The number of phenols is 1. The number of nitrogen functional groups attached to an aromatic ring is 1. The fourth-order valence-electron chi connectivity index (χ4n) is 1.74. The van der Waals surface area contributed by atoms with Crippen molar-refractivity contribution < 1.29 is 9.90 Å². The standard InChI is InChI=1S/C14H13IN2O2/c1-17(12-5-3-2-4-11(12)16)14(19)9-6-7-10(15)13(18)8-9/h2-8,18H,16H2,1H3. The van der Waals surface area contributed by atoms with Gasteiger partial charge in [-0.25, -0.2) is 0 Å². The minimum Gasteiger partial charge on any atom is -0.507 e. The molecule has 5 heteroatoms. The molecule has 0 heterocycles. The number of benzene rings is 2. The van der Waals surface area contributed by atoms with Crippen LogP contribution in [-0.2, 0) is 0 Å². The molecule has 0 unspecified atom stereocenters. The van der Waals surface area contributed by atoms with Gasteiger partial charge in [0.15, 0.2) is 0 Å². The molecule has 0 atom stereocenters. The molecule has 4 nitrogen and oxygen atoms in total. The van der Waals surface area contributed by atoms with Gasteiger partial charge in [-0.15, -0.1) is 0 Å². The lowest BCUT2D eigenvalue weighted by Crippen LogP contribution is -2.26. The highest BCUT2D eigenvalue weighted by Gasteiger charge is 2.16. The zero-order valence-electron chi connectivity index (χ0n) is 10.3. The van der Waals surface area contributed by atoms with Crippen molar-refractivity contribution in [2.24, 2.45) is 0 Å². The van der Waals surface area contributed by atoms with Crippen molar-refractivity contribution in [2.45, 2.75) is 0 Å². The molecule has 1 amide bonds. The van der Waals surface area contributed by atoms with Gasteiger partial charge in [0.2, 0.25) is 0 Å². The van der Waals surface area contributed by atoms with E-state index in [9.17, 15) is 9.90 Å². The zero-order valence-corrected chi connectivity index (χ0v) is 12.5. The molecule has 3 N–H and O–H groups in total. The molecule has 0 saturated carbocycles. The average Bonchev–Trinajstić information content (AvgIpc) is 2.41. The SMILES string of the molecule is CN(C(=O)c1ccc(I)c(O)c1)c1ccccc1N. The van der Waals surface area contributed by atoms with Gasteiger partial charge in [-0.2, -0.15) is 0 Å². The van der Waals surface area contributed by atoms with Gasteiger partial charge in [0, 0.05) is 12.6 Å². The first kappa shape index (κ1) is 13.7. The Kier molecular flexibility index (Phi) is 3.94. The number of anilines is 2. The van der Waals surface area contributed by atoms with Gasteiger partial charge in [-0.1, -0.05) is 12.1 Å². The van der Waals surface area contributed by atoms with Gasteiger partial charge in [0.1, 0.15) is 5.75 Å². The summed E-state index contributed by atoms with van der Waals surface area (Å²) in [6.45, 7) is 0. The second-order valence-corrected chi connectivity index (χ2v) is 5.25. The molecule has 19 heavy (non-hydrogen) atoms. The van der Waals surface area contributed by atoms with E-state index in [0.29, 0.717) is 20.5 Å². The lowest BCUT2D eigenvalue weighted by molar-refractivity contribution is 0.0992. The summed E-state index contributed by atoms with van der Waals surface area (Å²) in [7, 11) is 1.66. The van der Waals surface area contributed by atoms with Crippen molar-refractivity contribution >= 4 is 39.9 Å². The number of nitrogens with two attached hydrogens (primary N) is 1. The largest absolute Gasteiger partial charge is 0.507 e. The molecule has 0 aromatic heterocycles. The van der Waals surface area contributed by atoms with E-state index >= 15 is 0 Å². The number of para-hydroxylation sites is 2. The molecule has 0 fully saturated rings. The second-order valence-electron chi connectivity index (χ2n) is 4.09. The van der Waals surface area contributed by atoms with Gasteiger partial charge in [0.25, 0.3) is 5.91 Å². The molecule has 2 aromatic carbocycles. The van der Waals surface area contributed by atoms with Gasteiger partial charge < -0.3 is 15.7 Å². The third-order valence-electron chi connectivity index (χ3n) is 2.80. The topological polar surface area (TPSA) is 66.6 Å². The Balaban J connectivity index is 2.34. The highest BCUT2D eigenvalue weighted by Crippen LogP contribution is 2.25. The molecule has 0 radical (unpaired) electrons. The van der Waals surface area contributed by atoms with Crippen LogP contribution in [0.15, 0.2) is 42.5 Å². The van der Waals surface area contributed by atoms with E-state index in [-0.39, 0.29) is 11.7 Å². The van der Waals surface area contributed by atoms with Crippen LogP contribution in [0.2, 0.25) is 0 Å². The maximum absolute atomic E-state index is 12.3. The lowest BCUT2D eigenvalue weighted by atomic mass is 10.1. The fourth-order valence-corrected chi connectivity index (χ4v) is 2.08. The van der Waals surface area contributed by atoms with Crippen LogP contribution in [-0.4, -0.2) is 18.1 Å². The van der Waals surface area contributed by atoms with Crippen LogP contribution in [0.4, 0.5) is 11.4 Å². The summed E-state index contributed by atoms with van der Waals surface area (Å²) in [5.74, 6) is -0.120. The van der Waals surface area contributed by atoms with Gasteiger partial charge in [-0.3, -0.25) is 4.79 Å². The number of phenolic OH excluding ortho intramolecular Hbond substituents is 1. The number of aromatic hydroxyl groups is 1. The van der Waals surface area contributed by atoms with Crippen molar-refractivity contribution in [3.05, 3.63) is 51.6 Å². The first-order valence-electron chi connectivity index (χ1n) is 5.62. The fraction of sp³-hybridized carbons (Fsp3) is 0.0714. The van der Waals surface area contributed by atoms with Crippen molar-refractivity contribution in [1.29, 1.82) is 0 Å². The highest BCUT2D eigenvalue weighted by molar-refractivity contribution is 14.1. The molecular formula is C14H13IN2O2. The van der Waals surface area contributed by atoms with Crippen LogP contribution in [0.25, 0.3) is 0 Å². The van der Waals surface area contributed by atoms with Gasteiger partial charge in [-0.05, 0) is 52.9 Å². The Morgan fingerprint density at radius 1 is 1.26 bits per heavy atom. The van der Waals surface area contributed by atoms with Crippen molar-refractivity contribution in [3.8, 4) is 5.75 Å². The summed E-state index contributed by atoms with van der Waals surface area (Å²) in [5, 5.41) is 9.65. The first-order valence-corrected chi connectivity index (χ1v) is 6.69. The van der Waals surface area contributed by atoms with E-state index in [1.165, 1.54) is 11.0 Å². The summed E-state index contributed by atoms with van der Waals surface area (Å²) in [5.41, 5.74) is 7.45. The first-order chi connectivity index (χ1) is 9.00. The maximum Gasteiger partial charge on any atom is 0.258 e. The molecule has 2 aromatic rings. The molecule has 0 saturated heterocycles. The van der Waals surface area contributed by atoms with Crippen LogP contribution in [0.3, 0.4) is 0 Å². The minimum absolute atomic E-state index is 0.0980. The van der Waals surface area contributed by atoms with Crippen LogP contribution in [0.5, 0.6) is 5.75 Å². The van der Waals surface area contributed by atoms with E-state index < -0.39 is 0 Å². The molecule has 0 bridgehead atoms. The van der Waals surface area contributed by atoms with Crippen LogP contribution >= 0.6 is 22.6 Å². The summed E-state index contributed by atoms with van der Waals surface area (Å²) < 4.78 is 0.705. The van der Waals surface area contributed by atoms with Crippen LogP contribution < -0.4 is 10.6 Å². The number of carbonyl (C=O) groups excluding carboxylic acids is 1. The summed E-state index contributed by atoms with van der Waals surface area (Å²) in [6.07, 6.45) is 0. The summed E-state index contributed by atoms with van der Waals surface area (Å²) in [6, 6.07) is 12.0. The molecular weight excluding hydrogens is 355 g/mol.